The summed E-state index contributed by atoms with van der Waals surface area (Å²) in [5, 5.41) is 46.7. The van der Waals surface area contributed by atoms with Crippen molar-refractivity contribution in [3.8, 4) is 11.5 Å². The molecule has 4 heterocycles. The molecule has 0 radical (unpaired) electrons. The van der Waals surface area contributed by atoms with Gasteiger partial charge in [0.2, 0.25) is 6.61 Å². The Morgan fingerprint density at radius 3 is 2.52 bits per heavy atom. The molecule has 0 saturated carbocycles. The Hall–Kier alpha value is -5.87. The van der Waals surface area contributed by atoms with Crippen LogP contribution >= 0.6 is 34.9 Å². The van der Waals surface area contributed by atoms with Crippen LogP contribution in [0.15, 0.2) is 69.4 Å². The zero-order valence-electron chi connectivity index (χ0n) is 25.1. The van der Waals surface area contributed by atoms with Crippen molar-refractivity contribution in [2.45, 2.75) is 16.3 Å². The average molecular weight is 745 g/mol. The van der Waals surface area contributed by atoms with Crippen LogP contribution in [0, 0.1) is 0 Å². The van der Waals surface area contributed by atoms with Gasteiger partial charge in [0.15, 0.2) is 22.3 Å². The van der Waals surface area contributed by atoms with E-state index in [2.05, 4.69) is 26.3 Å². The number of carbonyl (C=O) groups is 6. The van der Waals surface area contributed by atoms with Crippen LogP contribution in [0.5, 0.6) is 11.5 Å². The maximum absolute atomic E-state index is 13.1. The third kappa shape index (κ3) is 7.88. The number of benzene rings is 1. The maximum Gasteiger partial charge on any atom is 0.519 e. The number of rotatable bonds is 11. The van der Waals surface area contributed by atoms with Crippen LogP contribution in [-0.4, -0.2) is 96.1 Å². The number of nitrogen functional groups attached to an aromatic ring is 1. The van der Waals surface area contributed by atoms with E-state index in [4.69, 9.17) is 15.7 Å². The molecular weight excluding hydrogens is 721 g/mol. The normalized spacial score (nSPS) is 16.9. The topological polar surface area (TPSA) is 290 Å². The van der Waals surface area contributed by atoms with Gasteiger partial charge in [0, 0.05) is 27.3 Å². The lowest BCUT2D eigenvalue weighted by Crippen LogP contribution is -2.71. The number of nitrogens with one attached hydrogen (secondary N) is 3. The molecular formula is C28H24N8O11S3. The Bertz CT molecular complexity index is 1950. The second-order valence-corrected chi connectivity index (χ2v) is 13.1. The molecule has 8 N–H and O–H groups in total. The molecule has 50 heavy (non-hydrogen) atoms. The highest BCUT2D eigenvalue weighted by Crippen LogP contribution is 2.41. The Morgan fingerprint density at radius 1 is 1.14 bits per heavy atom. The highest BCUT2D eigenvalue weighted by Gasteiger charge is 2.53. The number of thiazole rings is 1. The number of aromatic nitrogens is 2. The molecule has 3 aromatic rings. The number of pyridine rings is 1. The SMILES string of the molecule is Nc1nc(/C(=N/OCC(=O)O)C(=O)N[C@@H]2C(=O)N3C(C(=O)[O-])=C(CSc4cc[n+](C(=O)NNC(=O)c5ccc(O)c(O)c5)cc4)CS[C@H]23)cs1. The van der Waals surface area contributed by atoms with Crippen molar-refractivity contribution in [2.75, 3.05) is 23.8 Å². The molecule has 2 atom stereocenters. The van der Waals surface area contributed by atoms with E-state index in [-0.39, 0.29) is 33.6 Å². The molecule has 0 spiro atoms. The van der Waals surface area contributed by atoms with E-state index in [1.54, 1.807) is 12.1 Å². The van der Waals surface area contributed by atoms with E-state index in [1.165, 1.54) is 47.4 Å². The van der Waals surface area contributed by atoms with Crippen LogP contribution in [0.3, 0.4) is 0 Å². The average Bonchev–Trinajstić information content (AvgIpc) is 3.52. The minimum Gasteiger partial charge on any atom is -0.543 e. The lowest BCUT2D eigenvalue weighted by Gasteiger charge is -2.50. The van der Waals surface area contributed by atoms with Gasteiger partial charge in [-0.3, -0.25) is 19.3 Å². The quantitative estimate of drug-likeness (QED) is 0.0288. The van der Waals surface area contributed by atoms with E-state index in [1.807, 2.05) is 0 Å². The number of thioether (sulfide) groups is 2. The summed E-state index contributed by atoms with van der Waals surface area (Å²) in [7, 11) is 0. The Morgan fingerprint density at radius 2 is 1.88 bits per heavy atom. The van der Waals surface area contributed by atoms with E-state index in [0.717, 1.165) is 32.9 Å². The fourth-order valence-corrected chi connectivity index (χ4v) is 7.39. The molecule has 0 bridgehead atoms. The van der Waals surface area contributed by atoms with Crippen LogP contribution in [0.2, 0.25) is 0 Å². The number of anilines is 1. The summed E-state index contributed by atoms with van der Waals surface area (Å²) in [5.74, 6) is -5.92. The molecule has 2 aliphatic heterocycles. The number of carbonyl (C=O) groups excluding carboxylic acids is 5. The van der Waals surface area contributed by atoms with Crippen LogP contribution in [0.1, 0.15) is 16.1 Å². The fourth-order valence-electron chi connectivity index (χ4n) is 4.47. The second kappa shape index (κ2) is 15.1. The third-order valence-electron chi connectivity index (χ3n) is 6.82. The minimum absolute atomic E-state index is 0.0173. The minimum atomic E-state index is -1.58. The number of aromatic hydroxyl groups is 2. The molecule has 1 fully saturated rings. The summed E-state index contributed by atoms with van der Waals surface area (Å²) in [6.07, 6.45) is 2.79. The first-order chi connectivity index (χ1) is 23.8. The number of amides is 4. The molecule has 1 saturated heterocycles. The Labute approximate surface area is 292 Å². The summed E-state index contributed by atoms with van der Waals surface area (Å²) in [5.41, 5.74) is 9.60. The molecule has 0 aliphatic carbocycles. The van der Waals surface area contributed by atoms with Crippen molar-refractivity contribution in [1.29, 1.82) is 0 Å². The van der Waals surface area contributed by atoms with E-state index in [9.17, 15) is 44.1 Å². The predicted molar refractivity (Wildman–Crippen MR) is 172 cm³/mol. The standard InChI is InChI=1S/C28H24N8O11S3/c29-27-30-15(11-50-27)19(34-47-8-18(39)40)23(42)31-20-24(43)36-21(26(44)45)13(10-49-25(20)36)9-48-14-3-5-35(6-4-14)28(46)33-32-22(41)12-1-2-16(37)17(38)7-12/h1-7,11,20,25H,8-10H2,(H8-,29,30,31,32,33,34,37,38,39,40,41,42,44,45,46)/t20-,25-/m1/s1. The van der Waals surface area contributed by atoms with E-state index < -0.39 is 70.9 Å². The lowest BCUT2D eigenvalue weighted by atomic mass is 10.0. The van der Waals surface area contributed by atoms with Gasteiger partial charge in [-0.2, -0.15) is 14.8 Å². The van der Waals surface area contributed by atoms with E-state index >= 15 is 0 Å². The lowest BCUT2D eigenvalue weighted by molar-refractivity contribution is -0.572. The van der Waals surface area contributed by atoms with E-state index in [0.29, 0.717) is 10.5 Å². The number of hydrogen-bond acceptors (Lipinski definition) is 16. The number of nitrogens with zero attached hydrogens (tertiary/aromatic N) is 4. The summed E-state index contributed by atoms with van der Waals surface area (Å²) in [6.45, 7) is -0.847. The van der Waals surface area contributed by atoms with Crippen molar-refractivity contribution in [2.24, 2.45) is 5.16 Å². The van der Waals surface area contributed by atoms with Crippen molar-refractivity contribution in [1.82, 2.24) is 26.1 Å². The number of nitrogens with two attached hydrogens (primary N) is 1. The van der Waals surface area contributed by atoms with Crippen LogP contribution in [0.4, 0.5) is 9.93 Å². The van der Waals surface area contributed by atoms with Gasteiger partial charge in [0.25, 0.3) is 17.7 Å². The highest BCUT2D eigenvalue weighted by atomic mass is 32.2. The number of oxime groups is 1. The molecule has 0 unspecified atom stereocenters. The number of phenols is 2. The van der Waals surface area contributed by atoms with Gasteiger partial charge in [-0.25, -0.2) is 9.78 Å². The smallest absolute Gasteiger partial charge is 0.519 e. The van der Waals surface area contributed by atoms with Crippen molar-refractivity contribution in [3.63, 3.8) is 0 Å². The first-order valence-electron chi connectivity index (χ1n) is 13.9. The summed E-state index contributed by atoms with van der Waals surface area (Å²) in [4.78, 5) is 84.2. The zero-order valence-corrected chi connectivity index (χ0v) is 27.5. The monoisotopic (exact) mass is 744 g/mol. The van der Waals surface area contributed by atoms with Gasteiger partial charge in [0.05, 0.1) is 11.7 Å². The number of carboxylic acid groups (broad SMARTS) is 2. The molecule has 5 rings (SSSR count). The molecule has 1 aromatic carbocycles. The number of fused-ring (bicyclic) bond motifs is 1. The van der Waals surface area contributed by atoms with Crippen LogP contribution < -0.4 is 31.6 Å². The van der Waals surface area contributed by atoms with Gasteiger partial charge in [-0.15, -0.1) is 40.3 Å². The number of phenolic OH excluding ortho intramolecular Hbond substituents is 2. The highest BCUT2D eigenvalue weighted by molar-refractivity contribution is 8.01. The second-order valence-electron chi connectivity index (χ2n) is 10.1. The first kappa shape index (κ1) is 35.4. The van der Waals surface area contributed by atoms with Gasteiger partial charge in [-0.1, -0.05) is 5.16 Å². The summed E-state index contributed by atoms with van der Waals surface area (Å²) in [6, 6.07) is 4.64. The maximum atomic E-state index is 13.1. The molecule has 260 valence electrons. The van der Waals surface area contributed by atoms with Gasteiger partial charge >= 0.3 is 12.0 Å². The number of aliphatic carboxylic acids is 2. The fraction of sp³-hybridized carbons (Fsp3) is 0.179. The number of hydrazine groups is 1. The van der Waals surface area contributed by atoms with Gasteiger partial charge in [-0.05, 0) is 35.9 Å². The third-order valence-corrected chi connectivity index (χ3v) is 9.93. The van der Waals surface area contributed by atoms with Crippen LogP contribution in [-0.2, 0) is 24.0 Å². The van der Waals surface area contributed by atoms with Crippen molar-refractivity contribution >= 4 is 81.4 Å². The molecule has 19 nitrogen and oxygen atoms in total. The van der Waals surface area contributed by atoms with Crippen molar-refractivity contribution in [3.05, 3.63) is 70.6 Å². The molecule has 4 amide bonds. The van der Waals surface area contributed by atoms with Gasteiger partial charge < -0.3 is 41.1 Å². The molecule has 22 heteroatoms. The first-order valence-corrected chi connectivity index (χ1v) is 16.8. The Kier molecular flexibility index (Phi) is 10.7. The number of β-lactam (4-membered cyclic amide) rings is 1. The predicted octanol–water partition coefficient (Wildman–Crippen LogP) is -1.67. The van der Waals surface area contributed by atoms with Crippen LogP contribution in [0.25, 0.3) is 0 Å². The Balaban J connectivity index is 1.19. The summed E-state index contributed by atoms with van der Waals surface area (Å²) >= 11 is 3.42. The molecule has 2 aromatic heterocycles. The largest absolute Gasteiger partial charge is 0.543 e. The van der Waals surface area contributed by atoms with Gasteiger partial charge in [0.1, 0.15) is 29.5 Å². The molecule has 2 aliphatic rings. The van der Waals surface area contributed by atoms with Crippen molar-refractivity contribution < 1.29 is 58.6 Å². The zero-order chi connectivity index (χ0) is 36.1. The summed E-state index contributed by atoms with van der Waals surface area (Å²) < 4.78 is 1.12. The number of carboxylic acids is 2. The number of hydrogen-bond donors (Lipinski definition) is 7.